The van der Waals surface area contributed by atoms with Crippen molar-refractivity contribution in [2.75, 3.05) is 21.3 Å². The van der Waals surface area contributed by atoms with Gasteiger partial charge in [-0.1, -0.05) is 6.07 Å². The Hall–Kier alpha value is -2.76. The van der Waals surface area contributed by atoms with E-state index in [-0.39, 0.29) is 11.9 Å². The summed E-state index contributed by atoms with van der Waals surface area (Å²) in [5.41, 5.74) is 1.20. The third kappa shape index (κ3) is 3.71. The number of rotatable bonds is 6. The molecule has 23 heavy (non-hydrogen) atoms. The Morgan fingerprint density at radius 3 is 2.22 bits per heavy atom. The quantitative estimate of drug-likeness (QED) is 0.887. The summed E-state index contributed by atoms with van der Waals surface area (Å²) in [6.07, 6.45) is 1.69. The lowest BCUT2D eigenvalue weighted by molar-refractivity contribution is 0.0938. The van der Waals surface area contributed by atoms with Gasteiger partial charge in [0.2, 0.25) is 5.75 Å². The number of amides is 1. The Kier molecular flexibility index (Phi) is 5.41. The number of methoxy groups -OCH3 is 3. The summed E-state index contributed by atoms with van der Waals surface area (Å²) in [7, 11) is 4.54. The van der Waals surface area contributed by atoms with Crippen LogP contribution in [0.3, 0.4) is 0 Å². The van der Waals surface area contributed by atoms with Crippen LogP contribution in [0, 0.1) is 0 Å². The molecule has 0 aliphatic rings. The van der Waals surface area contributed by atoms with Gasteiger partial charge < -0.3 is 19.5 Å². The number of carbonyl (C=O) groups is 1. The molecule has 2 rings (SSSR count). The van der Waals surface area contributed by atoms with E-state index in [2.05, 4.69) is 10.3 Å². The molecule has 1 atom stereocenters. The molecule has 0 spiro atoms. The van der Waals surface area contributed by atoms with Gasteiger partial charge in [0.15, 0.2) is 11.5 Å². The Morgan fingerprint density at radius 2 is 1.74 bits per heavy atom. The highest BCUT2D eigenvalue weighted by atomic mass is 16.5. The average Bonchev–Trinajstić information content (AvgIpc) is 2.60. The van der Waals surface area contributed by atoms with Crippen LogP contribution in [0.5, 0.6) is 17.2 Å². The summed E-state index contributed by atoms with van der Waals surface area (Å²) in [4.78, 5) is 16.7. The minimum atomic E-state index is -0.248. The van der Waals surface area contributed by atoms with Gasteiger partial charge >= 0.3 is 0 Å². The van der Waals surface area contributed by atoms with E-state index >= 15 is 0 Å². The number of aromatic nitrogens is 1. The molecule has 0 bridgehead atoms. The van der Waals surface area contributed by atoms with E-state index in [4.69, 9.17) is 14.2 Å². The second kappa shape index (κ2) is 7.49. The molecule has 0 saturated heterocycles. The number of ether oxygens (including phenoxy) is 3. The highest BCUT2D eigenvalue weighted by Gasteiger charge is 2.18. The fourth-order valence-electron chi connectivity index (χ4n) is 2.20. The van der Waals surface area contributed by atoms with Crippen LogP contribution in [0.15, 0.2) is 36.5 Å². The van der Waals surface area contributed by atoms with E-state index < -0.39 is 0 Å². The molecule has 0 fully saturated rings. The second-order valence-corrected chi connectivity index (χ2v) is 4.86. The lowest BCUT2D eigenvalue weighted by Crippen LogP contribution is -2.27. The lowest BCUT2D eigenvalue weighted by atomic mass is 10.1. The summed E-state index contributed by atoms with van der Waals surface area (Å²) in [6, 6.07) is 8.58. The molecule has 1 N–H and O–H groups in total. The fourth-order valence-corrected chi connectivity index (χ4v) is 2.20. The molecule has 0 unspecified atom stereocenters. The van der Waals surface area contributed by atoms with Gasteiger partial charge in [-0.15, -0.1) is 0 Å². The van der Waals surface area contributed by atoms with E-state index in [1.807, 2.05) is 25.1 Å². The molecule has 1 aromatic heterocycles. The highest BCUT2D eigenvalue weighted by Crippen LogP contribution is 2.38. The second-order valence-electron chi connectivity index (χ2n) is 4.86. The number of nitrogens with zero attached hydrogens (tertiary/aromatic N) is 1. The Bertz CT molecular complexity index is 649. The van der Waals surface area contributed by atoms with Crippen LogP contribution < -0.4 is 19.5 Å². The largest absolute Gasteiger partial charge is 0.493 e. The molecule has 1 amide bonds. The molecular weight excluding hydrogens is 296 g/mol. The summed E-state index contributed by atoms with van der Waals surface area (Å²) in [5.74, 6) is 1.07. The molecular formula is C17H20N2O4. The normalized spacial score (nSPS) is 11.5. The number of carbonyl (C=O) groups excluding carboxylic acids is 1. The van der Waals surface area contributed by atoms with Crippen LogP contribution in [0.2, 0.25) is 0 Å². The van der Waals surface area contributed by atoms with Crippen LogP contribution >= 0.6 is 0 Å². The first-order valence-corrected chi connectivity index (χ1v) is 7.12. The number of hydrogen-bond acceptors (Lipinski definition) is 5. The maximum atomic E-state index is 12.5. The van der Waals surface area contributed by atoms with Gasteiger partial charge in [-0.2, -0.15) is 0 Å². The van der Waals surface area contributed by atoms with Gasteiger partial charge in [-0.05, 0) is 31.2 Å². The summed E-state index contributed by atoms with van der Waals surface area (Å²) in [6.45, 7) is 1.87. The SMILES string of the molecule is COc1cc(C(=O)N[C@H](C)c2ccccn2)cc(OC)c1OC. The van der Waals surface area contributed by atoms with E-state index in [1.54, 1.807) is 18.3 Å². The maximum absolute atomic E-state index is 12.5. The van der Waals surface area contributed by atoms with Crippen LogP contribution in [0.1, 0.15) is 29.0 Å². The number of pyridine rings is 1. The zero-order valence-electron chi connectivity index (χ0n) is 13.6. The molecule has 6 heteroatoms. The first kappa shape index (κ1) is 16.6. The molecule has 0 saturated carbocycles. The molecule has 1 aromatic carbocycles. The summed E-state index contributed by atoms with van der Waals surface area (Å²) in [5, 5.41) is 2.90. The van der Waals surface area contributed by atoms with Crippen molar-refractivity contribution >= 4 is 5.91 Å². The Balaban J connectivity index is 2.25. The summed E-state index contributed by atoms with van der Waals surface area (Å²) < 4.78 is 15.8. The predicted molar refractivity (Wildman–Crippen MR) is 86.2 cm³/mol. The van der Waals surface area contributed by atoms with Crippen molar-refractivity contribution in [1.82, 2.24) is 10.3 Å². The maximum Gasteiger partial charge on any atom is 0.252 e. The topological polar surface area (TPSA) is 69.7 Å². The smallest absolute Gasteiger partial charge is 0.252 e. The molecule has 2 aromatic rings. The number of nitrogens with one attached hydrogen (secondary N) is 1. The summed E-state index contributed by atoms with van der Waals surface area (Å²) >= 11 is 0. The zero-order valence-corrected chi connectivity index (χ0v) is 13.6. The van der Waals surface area contributed by atoms with Crippen LogP contribution in [0.25, 0.3) is 0 Å². The Morgan fingerprint density at radius 1 is 1.09 bits per heavy atom. The molecule has 0 aliphatic heterocycles. The van der Waals surface area contributed by atoms with Gasteiger partial charge in [0.25, 0.3) is 5.91 Å². The third-order valence-electron chi connectivity index (χ3n) is 3.41. The van der Waals surface area contributed by atoms with Crippen LogP contribution in [-0.2, 0) is 0 Å². The zero-order chi connectivity index (χ0) is 16.8. The van der Waals surface area contributed by atoms with Crippen molar-refractivity contribution in [1.29, 1.82) is 0 Å². The first-order chi connectivity index (χ1) is 11.1. The molecule has 0 radical (unpaired) electrons. The van der Waals surface area contributed by atoms with E-state index in [1.165, 1.54) is 21.3 Å². The molecule has 0 aliphatic carbocycles. The van der Waals surface area contributed by atoms with Crippen molar-refractivity contribution in [3.8, 4) is 17.2 Å². The average molecular weight is 316 g/mol. The predicted octanol–water partition coefficient (Wildman–Crippen LogP) is 2.60. The van der Waals surface area contributed by atoms with Crippen molar-refractivity contribution in [2.45, 2.75) is 13.0 Å². The van der Waals surface area contributed by atoms with E-state index in [0.717, 1.165) is 5.69 Å². The van der Waals surface area contributed by atoms with Gasteiger partial charge in [0, 0.05) is 11.8 Å². The van der Waals surface area contributed by atoms with Gasteiger partial charge in [-0.25, -0.2) is 0 Å². The van der Waals surface area contributed by atoms with E-state index in [0.29, 0.717) is 22.8 Å². The van der Waals surface area contributed by atoms with Gasteiger partial charge in [-0.3, -0.25) is 9.78 Å². The third-order valence-corrected chi connectivity index (χ3v) is 3.41. The Labute approximate surface area is 135 Å². The number of hydrogen-bond donors (Lipinski definition) is 1. The first-order valence-electron chi connectivity index (χ1n) is 7.12. The molecule has 6 nitrogen and oxygen atoms in total. The van der Waals surface area contributed by atoms with Gasteiger partial charge in [0.1, 0.15) is 0 Å². The fraction of sp³-hybridized carbons (Fsp3) is 0.294. The molecule has 122 valence electrons. The highest BCUT2D eigenvalue weighted by molar-refractivity contribution is 5.95. The van der Waals surface area contributed by atoms with Crippen LogP contribution in [0.4, 0.5) is 0 Å². The monoisotopic (exact) mass is 316 g/mol. The van der Waals surface area contributed by atoms with Crippen molar-refractivity contribution in [3.63, 3.8) is 0 Å². The standard InChI is InChI=1S/C17H20N2O4/c1-11(13-7-5-6-8-18-13)19-17(20)12-9-14(21-2)16(23-4)15(10-12)22-3/h5-11H,1-4H3,(H,19,20)/t11-/m1/s1. The van der Waals surface area contributed by atoms with Crippen molar-refractivity contribution < 1.29 is 19.0 Å². The minimum Gasteiger partial charge on any atom is -0.493 e. The lowest BCUT2D eigenvalue weighted by Gasteiger charge is -2.16. The molecule has 1 heterocycles. The van der Waals surface area contributed by atoms with E-state index in [9.17, 15) is 4.79 Å². The van der Waals surface area contributed by atoms with Crippen molar-refractivity contribution in [2.24, 2.45) is 0 Å². The van der Waals surface area contributed by atoms with Gasteiger partial charge in [0.05, 0.1) is 33.1 Å². The van der Waals surface area contributed by atoms with Crippen molar-refractivity contribution in [3.05, 3.63) is 47.8 Å². The number of benzene rings is 1. The minimum absolute atomic E-state index is 0.220. The van der Waals surface area contributed by atoms with Crippen LogP contribution in [-0.4, -0.2) is 32.2 Å².